The van der Waals surface area contributed by atoms with E-state index in [1.165, 1.54) is 17.2 Å². The Morgan fingerprint density at radius 3 is 2.30 bits per heavy atom. The van der Waals surface area contributed by atoms with Crippen molar-refractivity contribution in [2.75, 3.05) is 0 Å². The molecule has 2 nitrogen and oxygen atoms in total. The van der Waals surface area contributed by atoms with Crippen molar-refractivity contribution in [3.8, 4) is 0 Å². The lowest BCUT2D eigenvalue weighted by atomic mass is 10.1. The van der Waals surface area contributed by atoms with Crippen LogP contribution >= 0.6 is 0 Å². The van der Waals surface area contributed by atoms with Crippen molar-refractivity contribution in [1.82, 2.24) is 9.55 Å². The normalized spacial score (nSPS) is 11.2. The quantitative estimate of drug-likeness (QED) is 0.690. The zero-order valence-corrected chi connectivity index (χ0v) is 11.3. The van der Waals surface area contributed by atoms with E-state index in [0.29, 0.717) is 17.6 Å². The van der Waals surface area contributed by atoms with Crippen LogP contribution in [0.15, 0.2) is 36.7 Å². The summed E-state index contributed by atoms with van der Waals surface area (Å²) >= 11 is 0. The fraction of sp³-hybridized carbons (Fsp3) is 0.188. The minimum Gasteiger partial charge on any atom is -0.326 e. The molecule has 0 radical (unpaired) electrons. The molecule has 0 saturated carbocycles. The average molecular weight is 272 g/mol. The predicted molar refractivity (Wildman–Crippen MR) is 74.7 cm³/mol. The van der Waals surface area contributed by atoms with E-state index in [1.54, 1.807) is 6.33 Å². The monoisotopic (exact) mass is 272 g/mol. The molecule has 0 aliphatic carbocycles. The van der Waals surface area contributed by atoms with E-state index in [9.17, 15) is 8.78 Å². The molecule has 3 aromatic rings. The molecule has 0 saturated heterocycles. The molecule has 1 aromatic heterocycles. The van der Waals surface area contributed by atoms with Gasteiger partial charge >= 0.3 is 0 Å². The lowest BCUT2D eigenvalue weighted by Crippen LogP contribution is -1.99. The summed E-state index contributed by atoms with van der Waals surface area (Å²) < 4.78 is 28.3. The Labute approximate surface area is 115 Å². The molecule has 0 amide bonds. The summed E-state index contributed by atoms with van der Waals surface area (Å²) in [6.45, 7) is 4.67. The highest BCUT2D eigenvalue weighted by Gasteiger charge is 2.09. The van der Waals surface area contributed by atoms with E-state index in [-0.39, 0.29) is 0 Å². The fourth-order valence-electron chi connectivity index (χ4n) is 2.54. The standard InChI is InChI=1S/C16H14F2N2/c1-10-3-11(2)5-12(4-10)8-20-9-19-15-6-13(17)14(18)7-16(15)20/h3-7,9H,8H2,1-2H3. The summed E-state index contributed by atoms with van der Waals surface area (Å²) in [6.07, 6.45) is 1.61. The van der Waals surface area contributed by atoms with Crippen molar-refractivity contribution in [1.29, 1.82) is 0 Å². The van der Waals surface area contributed by atoms with E-state index in [2.05, 4.69) is 23.2 Å². The summed E-state index contributed by atoms with van der Waals surface area (Å²) in [7, 11) is 0. The Hall–Kier alpha value is -2.23. The van der Waals surface area contributed by atoms with Gasteiger partial charge in [-0.15, -0.1) is 0 Å². The van der Waals surface area contributed by atoms with Crippen molar-refractivity contribution in [2.45, 2.75) is 20.4 Å². The van der Waals surface area contributed by atoms with Gasteiger partial charge in [0.05, 0.1) is 17.4 Å². The number of halogens is 2. The first-order valence-corrected chi connectivity index (χ1v) is 6.40. The lowest BCUT2D eigenvalue weighted by Gasteiger charge is -2.07. The number of imidazole rings is 1. The molecule has 20 heavy (non-hydrogen) atoms. The van der Waals surface area contributed by atoms with Crippen LogP contribution < -0.4 is 0 Å². The second-order valence-corrected chi connectivity index (χ2v) is 5.12. The second-order valence-electron chi connectivity index (χ2n) is 5.12. The van der Waals surface area contributed by atoms with Gasteiger partial charge in [0.25, 0.3) is 0 Å². The van der Waals surface area contributed by atoms with Gasteiger partial charge in [0, 0.05) is 18.7 Å². The van der Waals surface area contributed by atoms with E-state index < -0.39 is 11.6 Å². The van der Waals surface area contributed by atoms with Gasteiger partial charge in [-0.3, -0.25) is 0 Å². The molecular formula is C16H14F2N2. The Morgan fingerprint density at radius 1 is 0.950 bits per heavy atom. The zero-order chi connectivity index (χ0) is 14.3. The molecule has 0 fully saturated rings. The number of rotatable bonds is 2. The lowest BCUT2D eigenvalue weighted by molar-refractivity contribution is 0.510. The first-order valence-electron chi connectivity index (χ1n) is 6.40. The Morgan fingerprint density at radius 2 is 1.60 bits per heavy atom. The predicted octanol–water partition coefficient (Wildman–Crippen LogP) is 3.98. The van der Waals surface area contributed by atoms with E-state index in [4.69, 9.17) is 0 Å². The minimum absolute atomic E-state index is 0.466. The van der Waals surface area contributed by atoms with E-state index in [0.717, 1.165) is 11.6 Å². The van der Waals surface area contributed by atoms with Crippen molar-refractivity contribution in [3.05, 3.63) is 65.0 Å². The molecule has 0 aliphatic rings. The summed E-state index contributed by atoms with van der Waals surface area (Å²) in [5.74, 6) is -1.71. The molecule has 0 aliphatic heterocycles. The summed E-state index contributed by atoms with van der Waals surface area (Å²) in [6, 6.07) is 8.59. The van der Waals surface area contributed by atoms with Gasteiger partial charge in [0.1, 0.15) is 0 Å². The SMILES string of the molecule is Cc1cc(C)cc(Cn2cnc3cc(F)c(F)cc32)c1. The molecule has 0 bridgehead atoms. The molecule has 4 heteroatoms. The van der Waals surface area contributed by atoms with Crippen LogP contribution in [0.1, 0.15) is 16.7 Å². The van der Waals surface area contributed by atoms with Crippen LogP contribution in [0.25, 0.3) is 11.0 Å². The molecule has 0 spiro atoms. The smallest absolute Gasteiger partial charge is 0.161 e. The molecular weight excluding hydrogens is 258 g/mol. The second kappa shape index (κ2) is 4.71. The van der Waals surface area contributed by atoms with Crippen molar-refractivity contribution in [2.24, 2.45) is 0 Å². The highest BCUT2D eigenvalue weighted by Crippen LogP contribution is 2.19. The van der Waals surface area contributed by atoms with Crippen LogP contribution in [0, 0.1) is 25.5 Å². The van der Waals surface area contributed by atoms with Gasteiger partial charge in [-0.25, -0.2) is 13.8 Å². The van der Waals surface area contributed by atoms with Gasteiger partial charge in [-0.1, -0.05) is 29.3 Å². The summed E-state index contributed by atoms with van der Waals surface area (Å²) in [4.78, 5) is 4.12. The number of hydrogen-bond acceptors (Lipinski definition) is 1. The highest BCUT2D eigenvalue weighted by atomic mass is 19.2. The number of aryl methyl sites for hydroxylation is 2. The summed E-state index contributed by atoms with van der Waals surface area (Å²) in [5.41, 5.74) is 4.55. The number of benzene rings is 2. The van der Waals surface area contributed by atoms with Crippen molar-refractivity contribution >= 4 is 11.0 Å². The molecule has 0 unspecified atom stereocenters. The average Bonchev–Trinajstić information content (AvgIpc) is 2.71. The van der Waals surface area contributed by atoms with Crippen LogP contribution in [-0.2, 0) is 6.54 Å². The number of hydrogen-bond donors (Lipinski definition) is 0. The number of aromatic nitrogens is 2. The zero-order valence-electron chi connectivity index (χ0n) is 11.3. The molecule has 3 rings (SSSR count). The molecule has 0 N–H and O–H groups in total. The molecule has 0 atom stereocenters. The maximum absolute atomic E-state index is 13.4. The third kappa shape index (κ3) is 2.29. The largest absolute Gasteiger partial charge is 0.326 e. The van der Waals surface area contributed by atoms with Crippen LogP contribution in [0.4, 0.5) is 8.78 Å². The van der Waals surface area contributed by atoms with E-state index in [1.807, 2.05) is 18.4 Å². The fourth-order valence-corrected chi connectivity index (χ4v) is 2.54. The van der Waals surface area contributed by atoms with E-state index >= 15 is 0 Å². The van der Waals surface area contributed by atoms with Gasteiger partial charge in [0.2, 0.25) is 0 Å². The molecule has 102 valence electrons. The summed E-state index contributed by atoms with van der Waals surface area (Å²) in [5, 5.41) is 0. The molecule has 2 aromatic carbocycles. The van der Waals surface area contributed by atoms with Gasteiger partial charge < -0.3 is 4.57 Å². The maximum atomic E-state index is 13.4. The van der Waals surface area contributed by atoms with Crippen LogP contribution in [0.2, 0.25) is 0 Å². The Kier molecular flexibility index (Phi) is 3.01. The van der Waals surface area contributed by atoms with Gasteiger partial charge in [-0.05, 0) is 19.4 Å². The minimum atomic E-state index is -0.867. The Balaban J connectivity index is 2.04. The van der Waals surface area contributed by atoms with Crippen LogP contribution in [0.3, 0.4) is 0 Å². The number of nitrogens with zero attached hydrogens (tertiary/aromatic N) is 2. The van der Waals surface area contributed by atoms with Gasteiger partial charge in [-0.2, -0.15) is 0 Å². The van der Waals surface area contributed by atoms with Crippen LogP contribution in [0.5, 0.6) is 0 Å². The third-order valence-electron chi connectivity index (χ3n) is 3.30. The van der Waals surface area contributed by atoms with Crippen LogP contribution in [-0.4, -0.2) is 9.55 Å². The topological polar surface area (TPSA) is 17.8 Å². The molecule has 1 heterocycles. The van der Waals surface area contributed by atoms with Gasteiger partial charge in [0.15, 0.2) is 11.6 Å². The maximum Gasteiger partial charge on any atom is 0.161 e. The number of fused-ring (bicyclic) bond motifs is 1. The Bertz CT molecular complexity index is 770. The third-order valence-corrected chi connectivity index (χ3v) is 3.30. The highest BCUT2D eigenvalue weighted by molar-refractivity contribution is 5.75. The van der Waals surface area contributed by atoms with Crippen molar-refractivity contribution in [3.63, 3.8) is 0 Å². The first-order chi connectivity index (χ1) is 9.52. The van der Waals surface area contributed by atoms with Crippen molar-refractivity contribution < 1.29 is 8.78 Å². The first kappa shape index (κ1) is 12.8.